The molecule has 1 heterocycles. The van der Waals surface area contributed by atoms with Crippen molar-refractivity contribution in [2.45, 2.75) is 37.6 Å². The van der Waals surface area contributed by atoms with Gasteiger partial charge < -0.3 is 23.7 Å². The van der Waals surface area contributed by atoms with Crippen LogP contribution in [0.25, 0.3) is 0 Å². The molecule has 1 rings (SSSR count). The number of hydrogen-bond acceptors (Lipinski definition) is 15. The van der Waals surface area contributed by atoms with Crippen molar-refractivity contribution in [3.63, 3.8) is 0 Å². The Bertz CT molecular complexity index is 888. The zero-order chi connectivity index (χ0) is 21.9. The summed E-state index contributed by atoms with van der Waals surface area (Å²) in [7, 11) is -15.3. The summed E-state index contributed by atoms with van der Waals surface area (Å²) in [4.78, 5) is 3.39. The Hall–Kier alpha value is 2.00. The van der Waals surface area contributed by atoms with Gasteiger partial charge in [-0.1, -0.05) is 0 Å². The van der Waals surface area contributed by atoms with Crippen LogP contribution in [0.15, 0.2) is 4.99 Å². The second-order valence-electron chi connectivity index (χ2n) is 5.07. The largest absolute Gasteiger partial charge is 1.00 e. The third-order valence-electron chi connectivity index (χ3n) is 3.02. The molecule has 0 aliphatic carbocycles. The maximum atomic E-state index is 11.3. The van der Waals surface area contributed by atoms with E-state index in [0.29, 0.717) is 0 Å². The Balaban J connectivity index is -0.00000261. The first kappa shape index (κ1) is 37.5. The van der Waals surface area contributed by atoms with Gasteiger partial charge in [-0.15, -0.1) is 0 Å². The summed E-state index contributed by atoms with van der Waals surface area (Å²) >= 11 is 0. The molecule has 166 valence electrons. The van der Waals surface area contributed by atoms with Crippen LogP contribution >= 0.6 is 0 Å². The van der Waals surface area contributed by atoms with E-state index in [1.54, 1.807) is 0 Å². The normalized spacial score (nSPS) is 27.4. The van der Waals surface area contributed by atoms with E-state index in [-0.39, 0.29) is 88.7 Å². The molecule has 1 aliphatic rings. The van der Waals surface area contributed by atoms with Crippen LogP contribution in [0.1, 0.15) is 6.92 Å². The van der Waals surface area contributed by atoms with Crippen molar-refractivity contribution in [3.05, 3.63) is 0 Å². The Morgan fingerprint density at radius 1 is 1.00 bits per heavy atom. The molecule has 0 bridgehead atoms. The van der Waals surface area contributed by atoms with Gasteiger partial charge in [0.15, 0.2) is 6.29 Å². The van der Waals surface area contributed by atoms with E-state index in [0.717, 1.165) is 14.0 Å². The molecule has 1 fully saturated rings. The fourth-order valence-corrected chi connectivity index (χ4v) is 3.53. The van der Waals surface area contributed by atoms with Crippen molar-refractivity contribution in [2.75, 3.05) is 13.7 Å². The van der Waals surface area contributed by atoms with Crippen molar-refractivity contribution >= 4 is 37.1 Å². The maximum absolute atomic E-state index is 11.3. The summed E-state index contributed by atoms with van der Waals surface area (Å²) in [6, 6.07) is -1.81. The van der Waals surface area contributed by atoms with E-state index in [1.807, 2.05) is 0 Å². The maximum Gasteiger partial charge on any atom is 1.00 e. The summed E-state index contributed by atoms with van der Waals surface area (Å²) in [5, 5.41) is 11.3. The first-order valence-corrected chi connectivity index (χ1v) is 10.9. The van der Waals surface area contributed by atoms with E-state index in [1.165, 1.54) is 0 Å². The summed E-state index contributed by atoms with van der Waals surface area (Å²) in [5.74, 6) is -0.958. The molecule has 0 aromatic heterocycles. The molecular weight excluding hydrogens is 527 g/mol. The molecule has 0 spiro atoms. The van der Waals surface area contributed by atoms with Crippen LogP contribution in [-0.4, -0.2) is 89.2 Å². The summed E-state index contributed by atoms with van der Waals surface area (Å²) in [6.07, 6.45) is -8.25. The van der Waals surface area contributed by atoms with Crippen LogP contribution in [0, 0.1) is 0 Å². The van der Waals surface area contributed by atoms with Gasteiger partial charge in [-0.25, -0.2) is 21.0 Å². The van der Waals surface area contributed by atoms with Gasteiger partial charge in [-0.05, 0) is 12.8 Å². The quantitative estimate of drug-likeness (QED) is 0.0935. The Kier molecular flexibility index (Phi) is 18.4. The molecule has 16 nitrogen and oxygen atoms in total. The molecule has 1 aliphatic heterocycles. The standard InChI is InChI=1S/C9H17NO15S3.3Na/c1-4(11)10-6-8(25-28(18,19)20)7(24-27(15,16)17)5(23-9(6)21-2)3-22-26(12,13)14;;;/h5-9H,3H2,1-2H3,(H,10,11)(H,12,13,14)(H,15,16,17)(H,18,19,20);;;/q;3*+1/p-3/t5-,6-,7-,8-,9-;;;/m1.../s1. The van der Waals surface area contributed by atoms with Gasteiger partial charge in [0, 0.05) is 7.11 Å². The third-order valence-corrected chi connectivity index (χ3v) is 4.36. The van der Waals surface area contributed by atoms with Crippen molar-refractivity contribution < 1.29 is 155 Å². The van der Waals surface area contributed by atoms with Crippen LogP contribution in [0.5, 0.6) is 0 Å². The zero-order valence-corrected chi connectivity index (χ0v) is 25.4. The topological polar surface area (TPSA) is 250 Å². The summed E-state index contributed by atoms with van der Waals surface area (Å²) in [5.41, 5.74) is 0. The van der Waals surface area contributed by atoms with Crippen LogP contribution in [0.3, 0.4) is 0 Å². The minimum atomic E-state index is -5.61. The minimum absolute atomic E-state index is 0. The molecule has 1 N–H and O–H groups in total. The Morgan fingerprint density at radius 3 is 1.87 bits per heavy atom. The molecule has 0 unspecified atom stereocenters. The van der Waals surface area contributed by atoms with Crippen molar-refractivity contribution in [1.82, 2.24) is 0 Å². The van der Waals surface area contributed by atoms with E-state index >= 15 is 0 Å². The second-order valence-corrected chi connectivity index (χ2v) is 8.18. The zero-order valence-electron chi connectivity index (χ0n) is 16.9. The fraction of sp³-hybridized carbons (Fsp3) is 0.889. The monoisotopic (exact) mass is 541 g/mol. The van der Waals surface area contributed by atoms with Gasteiger partial charge in [-0.3, -0.25) is 17.9 Å². The molecule has 0 amide bonds. The van der Waals surface area contributed by atoms with Gasteiger partial charge in [0.25, 0.3) is 0 Å². The van der Waals surface area contributed by atoms with E-state index < -0.39 is 74.3 Å². The number of rotatable bonds is 9. The number of ether oxygens (including phenoxy) is 2. The number of hydrogen-bond donors (Lipinski definition) is 1. The molecule has 0 radical (unpaired) electrons. The van der Waals surface area contributed by atoms with Gasteiger partial charge in [-0.2, -0.15) is 8.42 Å². The summed E-state index contributed by atoms with van der Waals surface area (Å²) in [6.45, 7) is -0.374. The molecule has 0 aromatic rings. The second kappa shape index (κ2) is 15.2. The first-order chi connectivity index (χ1) is 12.5. The number of nitrogens with zero attached hydrogens (tertiary/aromatic N) is 1. The Labute approximate surface area is 245 Å². The van der Waals surface area contributed by atoms with Gasteiger partial charge in [0.1, 0.15) is 24.4 Å². The molecule has 5 atom stereocenters. The van der Waals surface area contributed by atoms with Crippen LogP contribution < -0.4 is 93.8 Å². The van der Waals surface area contributed by atoms with Crippen LogP contribution in [0.2, 0.25) is 0 Å². The SMILES string of the molecule is CO[C@@H]1O[C@H](COS(=O)(=O)[O-])[C@@H](OS(=O)(=O)[O-])[C@H](OS(=O)(=O)O)[C@H]1N=C(C)[O-].[Na+].[Na+].[Na+]. The van der Waals surface area contributed by atoms with E-state index in [2.05, 4.69) is 17.5 Å². The van der Waals surface area contributed by atoms with E-state index in [9.17, 15) is 39.5 Å². The van der Waals surface area contributed by atoms with Crippen molar-refractivity contribution in [3.8, 4) is 0 Å². The molecule has 0 aromatic carbocycles. The number of aliphatic imine (C=N–C) groups is 1. The van der Waals surface area contributed by atoms with Gasteiger partial charge in [0.2, 0.25) is 20.8 Å². The average molecular weight is 541 g/mol. The predicted octanol–water partition coefficient (Wildman–Crippen LogP) is -13.0. The van der Waals surface area contributed by atoms with Crippen LogP contribution in [0.4, 0.5) is 0 Å². The minimum Gasteiger partial charge on any atom is -0.862 e. The smallest absolute Gasteiger partial charge is 0.862 e. The average Bonchev–Trinajstić information content (AvgIpc) is 2.45. The molecule has 31 heavy (non-hydrogen) atoms. The number of methoxy groups -OCH3 is 1. The molecule has 1 saturated heterocycles. The van der Waals surface area contributed by atoms with Crippen LogP contribution in [-0.2, 0) is 53.2 Å². The Morgan fingerprint density at radius 2 is 1.52 bits per heavy atom. The summed E-state index contributed by atoms with van der Waals surface area (Å²) < 4.78 is 118. The first-order valence-electron chi connectivity index (χ1n) is 6.82. The van der Waals surface area contributed by atoms with Crippen molar-refractivity contribution in [2.24, 2.45) is 4.99 Å². The van der Waals surface area contributed by atoms with Crippen molar-refractivity contribution in [1.29, 1.82) is 0 Å². The third kappa shape index (κ3) is 14.9. The molecule has 22 heteroatoms. The molecule has 0 saturated carbocycles. The fourth-order valence-electron chi connectivity index (χ4n) is 2.22. The predicted molar refractivity (Wildman–Crippen MR) is 79.2 cm³/mol. The van der Waals surface area contributed by atoms with E-state index in [4.69, 9.17) is 14.0 Å². The van der Waals surface area contributed by atoms with Gasteiger partial charge >= 0.3 is 99.1 Å². The molecular formula is C9H14NNa3O15S3. The van der Waals surface area contributed by atoms with Gasteiger partial charge in [0.05, 0.1) is 6.61 Å².